The zero-order chi connectivity index (χ0) is 11.4. The molecule has 84 valence electrons. The quantitative estimate of drug-likeness (QED) is 0.799. The van der Waals surface area contributed by atoms with Gasteiger partial charge < -0.3 is 4.90 Å². The van der Waals surface area contributed by atoms with Crippen LogP contribution in [0, 0.1) is 5.82 Å². The Balaban J connectivity index is 3.04. The van der Waals surface area contributed by atoms with Crippen molar-refractivity contribution < 1.29 is 4.39 Å². The highest BCUT2D eigenvalue weighted by Crippen LogP contribution is 2.27. The maximum atomic E-state index is 13.6. The highest BCUT2D eigenvalue weighted by Gasteiger charge is 2.17. The normalized spacial score (nSPS) is 13.2. The topological polar surface area (TPSA) is 3.24 Å². The van der Waals surface area contributed by atoms with Crippen LogP contribution in [0.1, 0.15) is 18.0 Å². The number of rotatable bonds is 4. The van der Waals surface area contributed by atoms with Gasteiger partial charge in [-0.15, -0.1) is 0 Å². The van der Waals surface area contributed by atoms with E-state index in [2.05, 4.69) is 12.6 Å². The third-order valence-electron chi connectivity index (χ3n) is 2.34. The Hall–Kier alpha value is -0.250. The summed E-state index contributed by atoms with van der Waals surface area (Å²) in [5, 5.41) is 0.567. The van der Waals surface area contributed by atoms with Gasteiger partial charge in [0.05, 0.1) is 0 Å². The van der Waals surface area contributed by atoms with Crippen molar-refractivity contribution in [3.63, 3.8) is 0 Å². The molecule has 0 fully saturated rings. The van der Waals surface area contributed by atoms with Crippen molar-refractivity contribution in [1.29, 1.82) is 0 Å². The molecule has 1 aromatic carbocycles. The third kappa shape index (κ3) is 3.37. The van der Waals surface area contributed by atoms with Crippen LogP contribution in [0.3, 0.4) is 0 Å². The predicted octanol–water partition coefficient (Wildman–Crippen LogP) is 3.40. The van der Waals surface area contributed by atoms with Gasteiger partial charge in [0, 0.05) is 16.6 Å². The molecule has 0 heterocycles. The van der Waals surface area contributed by atoms with Gasteiger partial charge in [-0.1, -0.05) is 11.6 Å². The molecule has 1 unspecified atom stereocenters. The molecule has 0 bridgehead atoms. The molecule has 0 spiro atoms. The number of thiol groups is 1. The molecule has 0 aromatic heterocycles. The van der Waals surface area contributed by atoms with Gasteiger partial charge in [-0.2, -0.15) is 12.6 Å². The van der Waals surface area contributed by atoms with Gasteiger partial charge in [0.2, 0.25) is 0 Å². The van der Waals surface area contributed by atoms with Crippen molar-refractivity contribution in [2.24, 2.45) is 0 Å². The van der Waals surface area contributed by atoms with Crippen LogP contribution in [-0.2, 0) is 0 Å². The zero-order valence-electron chi connectivity index (χ0n) is 8.87. The minimum Gasteiger partial charge on any atom is -0.302 e. The van der Waals surface area contributed by atoms with Gasteiger partial charge in [-0.25, -0.2) is 4.39 Å². The largest absolute Gasteiger partial charge is 0.302 e. The van der Waals surface area contributed by atoms with E-state index in [1.165, 1.54) is 6.07 Å². The third-order valence-corrected chi connectivity index (χ3v) is 2.84. The molecule has 0 saturated heterocycles. The van der Waals surface area contributed by atoms with E-state index in [-0.39, 0.29) is 11.9 Å². The molecule has 1 aromatic rings. The first-order valence-corrected chi connectivity index (χ1v) is 5.79. The molecule has 0 radical (unpaired) electrons. The van der Waals surface area contributed by atoms with Gasteiger partial charge in [0.1, 0.15) is 5.82 Å². The second kappa shape index (κ2) is 5.73. The average Bonchev–Trinajstić information content (AvgIpc) is 2.18. The first kappa shape index (κ1) is 12.8. The average molecular weight is 248 g/mol. The Morgan fingerprint density at radius 3 is 2.67 bits per heavy atom. The van der Waals surface area contributed by atoms with Crippen LogP contribution in [0.4, 0.5) is 4.39 Å². The van der Waals surface area contributed by atoms with Crippen LogP contribution < -0.4 is 0 Å². The molecule has 15 heavy (non-hydrogen) atoms. The standard InChI is InChI=1S/C11H15ClFNS/c1-14(2)11(5-6-15)9-7-8(12)3-4-10(9)13/h3-4,7,11,15H,5-6H2,1-2H3. The summed E-state index contributed by atoms with van der Waals surface area (Å²) < 4.78 is 13.6. The van der Waals surface area contributed by atoms with E-state index in [1.807, 2.05) is 19.0 Å². The maximum absolute atomic E-state index is 13.6. The Morgan fingerprint density at radius 1 is 1.47 bits per heavy atom. The van der Waals surface area contributed by atoms with E-state index < -0.39 is 0 Å². The van der Waals surface area contributed by atoms with Crippen molar-refractivity contribution >= 4 is 24.2 Å². The van der Waals surface area contributed by atoms with Crippen molar-refractivity contribution in [3.05, 3.63) is 34.6 Å². The fourth-order valence-electron chi connectivity index (χ4n) is 1.58. The summed E-state index contributed by atoms with van der Waals surface area (Å²) in [7, 11) is 3.85. The highest BCUT2D eigenvalue weighted by atomic mass is 35.5. The summed E-state index contributed by atoms with van der Waals surface area (Å²) in [4.78, 5) is 1.98. The van der Waals surface area contributed by atoms with Crippen LogP contribution in [-0.4, -0.2) is 24.7 Å². The van der Waals surface area contributed by atoms with Crippen molar-refractivity contribution in [2.45, 2.75) is 12.5 Å². The van der Waals surface area contributed by atoms with Gasteiger partial charge >= 0.3 is 0 Å². The summed E-state index contributed by atoms with van der Waals surface area (Å²) in [6, 6.07) is 4.69. The molecule has 0 saturated carbocycles. The minimum atomic E-state index is -0.208. The summed E-state index contributed by atoms with van der Waals surface area (Å²) >= 11 is 10.0. The second-order valence-electron chi connectivity index (χ2n) is 3.66. The number of benzene rings is 1. The van der Waals surface area contributed by atoms with Gasteiger partial charge in [-0.3, -0.25) is 0 Å². The van der Waals surface area contributed by atoms with E-state index in [0.717, 1.165) is 12.2 Å². The number of hydrogen-bond acceptors (Lipinski definition) is 2. The zero-order valence-corrected chi connectivity index (χ0v) is 10.5. The molecule has 0 aliphatic heterocycles. The number of hydrogen-bond donors (Lipinski definition) is 1. The molecule has 4 heteroatoms. The molecular formula is C11H15ClFNS. The molecular weight excluding hydrogens is 233 g/mol. The predicted molar refractivity (Wildman–Crippen MR) is 66.3 cm³/mol. The number of halogens is 2. The Morgan fingerprint density at radius 2 is 2.13 bits per heavy atom. The molecule has 1 nitrogen and oxygen atoms in total. The molecule has 1 atom stereocenters. The fourth-order valence-corrected chi connectivity index (χ4v) is 2.01. The Kier molecular flexibility index (Phi) is 4.90. The molecule has 0 aliphatic rings. The lowest BCUT2D eigenvalue weighted by Crippen LogP contribution is -2.21. The first-order valence-electron chi connectivity index (χ1n) is 4.78. The van der Waals surface area contributed by atoms with Crippen LogP contribution in [0.5, 0.6) is 0 Å². The molecule has 0 N–H and O–H groups in total. The van der Waals surface area contributed by atoms with E-state index in [1.54, 1.807) is 12.1 Å². The lowest BCUT2D eigenvalue weighted by Gasteiger charge is -2.24. The summed E-state index contributed by atoms with van der Waals surface area (Å²) in [6.45, 7) is 0. The SMILES string of the molecule is CN(C)C(CCS)c1cc(Cl)ccc1F. The van der Waals surface area contributed by atoms with Crippen LogP contribution in [0.15, 0.2) is 18.2 Å². The van der Waals surface area contributed by atoms with Crippen LogP contribution in [0.2, 0.25) is 5.02 Å². The minimum absolute atomic E-state index is 0.0289. The Bertz CT molecular complexity index is 330. The lowest BCUT2D eigenvalue weighted by molar-refractivity contribution is 0.286. The first-order chi connectivity index (χ1) is 7.06. The Labute approximate surface area is 101 Å². The maximum Gasteiger partial charge on any atom is 0.128 e. The molecule has 1 rings (SSSR count). The van der Waals surface area contributed by atoms with Gasteiger partial charge in [0.15, 0.2) is 0 Å². The lowest BCUT2D eigenvalue weighted by atomic mass is 10.0. The van der Waals surface area contributed by atoms with E-state index >= 15 is 0 Å². The van der Waals surface area contributed by atoms with Crippen LogP contribution >= 0.6 is 24.2 Å². The smallest absolute Gasteiger partial charge is 0.128 e. The molecule has 0 aliphatic carbocycles. The fraction of sp³-hybridized carbons (Fsp3) is 0.455. The van der Waals surface area contributed by atoms with Crippen molar-refractivity contribution in [3.8, 4) is 0 Å². The summed E-state index contributed by atoms with van der Waals surface area (Å²) in [6.07, 6.45) is 0.799. The number of nitrogens with zero attached hydrogens (tertiary/aromatic N) is 1. The van der Waals surface area contributed by atoms with Gasteiger partial charge in [-0.05, 0) is 44.5 Å². The van der Waals surface area contributed by atoms with E-state index in [9.17, 15) is 4.39 Å². The second-order valence-corrected chi connectivity index (χ2v) is 4.54. The van der Waals surface area contributed by atoms with Crippen molar-refractivity contribution in [2.75, 3.05) is 19.8 Å². The van der Waals surface area contributed by atoms with E-state index in [0.29, 0.717) is 10.6 Å². The van der Waals surface area contributed by atoms with E-state index in [4.69, 9.17) is 11.6 Å². The van der Waals surface area contributed by atoms with Crippen molar-refractivity contribution in [1.82, 2.24) is 4.90 Å². The summed E-state index contributed by atoms with van der Waals surface area (Å²) in [5.74, 6) is 0.509. The highest BCUT2D eigenvalue weighted by molar-refractivity contribution is 7.80. The van der Waals surface area contributed by atoms with Crippen LogP contribution in [0.25, 0.3) is 0 Å². The summed E-state index contributed by atoms with van der Waals surface area (Å²) in [5.41, 5.74) is 0.640. The molecule has 0 amide bonds. The monoisotopic (exact) mass is 247 g/mol. The van der Waals surface area contributed by atoms with Gasteiger partial charge in [0.25, 0.3) is 0 Å².